The lowest BCUT2D eigenvalue weighted by Gasteiger charge is -2.13. The van der Waals surface area contributed by atoms with E-state index in [2.05, 4.69) is 12.6 Å². The van der Waals surface area contributed by atoms with Crippen molar-refractivity contribution in [3.05, 3.63) is 0 Å². The van der Waals surface area contributed by atoms with Crippen LogP contribution in [0, 0.1) is 0 Å². The van der Waals surface area contributed by atoms with Crippen LogP contribution in [0.25, 0.3) is 0 Å². The fraction of sp³-hybridized carbons (Fsp3) is 0.800. The predicted molar refractivity (Wildman–Crippen MR) is 39.7 cm³/mol. The van der Waals surface area contributed by atoms with E-state index >= 15 is 0 Å². The number of Topliss-reactive ketones (excluding diaryl/α,β-unsaturated/α-hetero) is 1. The van der Waals surface area contributed by atoms with Crippen LogP contribution in [0.4, 0.5) is 0 Å². The molecule has 1 rings (SSSR count). The zero-order valence-corrected chi connectivity index (χ0v) is 6.17. The Morgan fingerprint density at radius 3 is 2.88 bits per heavy atom. The summed E-state index contributed by atoms with van der Waals surface area (Å²) in [6.07, 6.45) is 0.721. The minimum atomic E-state index is 0.0220. The molecule has 0 saturated carbocycles. The molecule has 1 fully saturated rings. The molecule has 0 N–H and O–H groups in total. The summed E-state index contributed by atoms with van der Waals surface area (Å²) in [4.78, 5) is 10.7. The SMILES string of the molecule is O=C1CCSCC1S. The summed E-state index contributed by atoms with van der Waals surface area (Å²) < 4.78 is 0. The van der Waals surface area contributed by atoms with E-state index < -0.39 is 0 Å². The molecule has 46 valence electrons. The zero-order valence-electron chi connectivity index (χ0n) is 4.46. The summed E-state index contributed by atoms with van der Waals surface area (Å²) >= 11 is 5.90. The fourth-order valence-corrected chi connectivity index (χ4v) is 1.99. The second kappa shape index (κ2) is 2.78. The molecular weight excluding hydrogens is 140 g/mol. The molecule has 1 unspecified atom stereocenters. The average Bonchev–Trinajstić information content (AvgIpc) is 1.77. The molecule has 0 aromatic rings. The summed E-state index contributed by atoms with van der Waals surface area (Å²) in [7, 11) is 0. The molecule has 1 heterocycles. The summed E-state index contributed by atoms with van der Waals surface area (Å²) in [5.74, 6) is 2.21. The first kappa shape index (κ1) is 6.49. The number of thioether (sulfide) groups is 1. The van der Waals surface area contributed by atoms with Crippen LogP contribution < -0.4 is 0 Å². The molecule has 1 nitrogen and oxygen atoms in total. The van der Waals surface area contributed by atoms with E-state index in [9.17, 15) is 4.79 Å². The second-order valence-electron chi connectivity index (χ2n) is 1.81. The predicted octanol–water partition coefficient (Wildman–Crippen LogP) is 0.991. The van der Waals surface area contributed by atoms with Crippen LogP contribution in [0.2, 0.25) is 0 Å². The van der Waals surface area contributed by atoms with Gasteiger partial charge in [-0.25, -0.2) is 0 Å². The number of thiol groups is 1. The summed E-state index contributed by atoms with van der Waals surface area (Å²) in [6, 6.07) is 0. The molecule has 1 aliphatic rings. The molecule has 1 saturated heterocycles. The zero-order chi connectivity index (χ0) is 5.98. The normalized spacial score (nSPS) is 30.6. The summed E-state index contributed by atoms with van der Waals surface area (Å²) in [5, 5.41) is 0.0220. The lowest BCUT2D eigenvalue weighted by atomic mass is 10.2. The van der Waals surface area contributed by atoms with Gasteiger partial charge in [-0.1, -0.05) is 0 Å². The quantitative estimate of drug-likeness (QED) is 0.516. The molecule has 8 heavy (non-hydrogen) atoms. The number of ketones is 1. The Balaban J connectivity index is 2.39. The first-order valence-electron chi connectivity index (χ1n) is 2.59. The number of hydrogen-bond acceptors (Lipinski definition) is 3. The molecule has 0 spiro atoms. The molecule has 0 amide bonds. The van der Waals surface area contributed by atoms with E-state index in [-0.39, 0.29) is 5.25 Å². The van der Waals surface area contributed by atoms with E-state index in [1.807, 2.05) is 11.8 Å². The van der Waals surface area contributed by atoms with Crippen LogP contribution in [-0.4, -0.2) is 22.5 Å². The van der Waals surface area contributed by atoms with Gasteiger partial charge in [0, 0.05) is 17.9 Å². The Morgan fingerprint density at radius 2 is 2.50 bits per heavy atom. The first-order chi connectivity index (χ1) is 3.80. The van der Waals surface area contributed by atoms with Crippen LogP contribution in [-0.2, 0) is 4.79 Å². The highest BCUT2D eigenvalue weighted by molar-refractivity contribution is 8.00. The Morgan fingerprint density at radius 1 is 1.75 bits per heavy atom. The Hall–Kier alpha value is 0.370. The lowest BCUT2D eigenvalue weighted by molar-refractivity contribution is -0.117. The number of rotatable bonds is 0. The van der Waals surface area contributed by atoms with E-state index in [4.69, 9.17) is 0 Å². The van der Waals surface area contributed by atoms with Crippen molar-refractivity contribution in [2.75, 3.05) is 11.5 Å². The van der Waals surface area contributed by atoms with Crippen LogP contribution in [0.3, 0.4) is 0 Å². The maximum atomic E-state index is 10.7. The van der Waals surface area contributed by atoms with E-state index in [1.165, 1.54) is 0 Å². The van der Waals surface area contributed by atoms with Gasteiger partial charge in [-0.2, -0.15) is 24.4 Å². The van der Waals surface area contributed by atoms with Gasteiger partial charge in [0.25, 0.3) is 0 Å². The number of hydrogen-bond donors (Lipinski definition) is 1. The van der Waals surface area contributed by atoms with Crippen LogP contribution in [0.1, 0.15) is 6.42 Å². The van der Waals surface area contributed by atoms with Gasteiger partial charge in [0.15, 0.2) is 0 Å². The molecule has 0 aromatic heterocycles. The van der Waals surface area contributed by atoms with Gasteiger partial charge in [-0.15, -0.1) is 0 Å². The molecule has 0 aromatic carbocycles. The van der Waals surface area contributed by atoms with Gasteiger partial charge in [-0.3, -0.25) is 4.79 Å². The van der Waals surface area contributed by atoms with Crippen LogP contribution in [0.15, 0.2) is 0 Å². The second-order valence-corrected chi connectivity index (χ2v) is 3.58. The largest absolute Gasteiger partial charge is 0.298 e. The molecule has 3 heteroatoms. The molecular formula is C5H8OS2. The van der Waals surface area contributed by atoms with Crippen LogP contribution >= 0.6 is 24.4 Å². The Bertz CT molecular complexity index is 103. The number of carbonyl (C=O) groups is 1. The van der Waals surface area contributed by atoms with Crippen molar-refractivity contribution in [3.63, 3.8) is 0 Å². The third-order valence-electron chi connectivity index (χ3n) is 1.14. The Labute approximate surface area is 58.6 Å². The standard InChI is InChI=1S/C5H8OS2/c6-4-1-2-8-3-5(4)7/h5,7H,1-3H2. The van der Waals surface area contributed by atoms with Gasteiger partial charge >= 0.3 is 0 Å². The van der Waals surface area contributed by atoms with Gasteiger partial charge in [0.1, 0.15) is 5.78 Å². The van der Waals surface area contributed by atoms with Crippen LogP contribution in [0.5, 0.6) is 0 Å². The van der Waals surface area contributed by atoms with E-state index in [0.717, 1.165) is 17.9 Å². The molecule has 1 atom stereocenters. The van der Waals surface area contributed by atoms with Gasteiger partial charge in [0.2, 0.25) is 0 Å². The monoisotopic (exact) mass is 148 g/mol. The Kier molecular flexibility index (Phi) is 2.26. The van der Waals surface area contributed by atoms with Crippen molar-refractivity contribution in [1.29, 1.82) is 0 Å². The highest BCUT2D eigenvalue weighted by Crippen LogP contribution is 2.17. The smallest absolute Gasteiger partial charge is 0.147 e. The maximum absolute atomic E-state index is 10.7. The van der Waals surface area contributed by atoms with Gasteiger partial charge in [-0.05, 0) is 0 Å². The first-order valence-corrected chi connectivity index (χ1v) is 4.26. The van der Waals surface area contributed by atoms with Gasteiger partial charge < -0.3 is 0 Å². The van der Waals surface area contributed by atoms with Crippen molar-refractivity contribution >= 4 is 30.2 Å². The van der Waals surface area contributed by atoms with Crippen molar-refractivity contribution in [1.82, 2.24) is 0 Å². The molecule has 0 radical (unpaired) electrons. The summed E-state index contributed by atoms with van der Waals surface area (Å²) in [6.45, 7) is 0. The van der Waals surface area contributed by atoms with Gasteiger partial charge in [0.05, 0.1) is 5.25 Å². The van der Waals surface area contributed by atoms with E-state index in [1.54, 1.807) is 0 Å². The van der Waals surface area contributed by atoms with Crippen molar-refractivity contribution in [2.45, 2.75) is 11.7 Å². The lowest BCUT2D eigenvalue weighted by Crippen LogP contribution is -2.22. The third kappa shape index (κ3) is 1.42. The highest BCUT2D eigenvalue weighted by Gasteiger charge is 2.17. The average molecular weight is 148 g/mol. The molecule has 0 bridgehead atoms. The highest BCUT2D eigenvalue weighted by atomic mass is 32.2. The maximum Gasteiger partial charge on any atom is 0.147 e. The minimum Gasteiger partial charge on any atom is -0.298 e. The van der Waals surface area contributed by atoms with Crippen molar-refractivity contribution in [2.24, 2.45) is 0 Å². The summed E-state index contributed by atoms with van der Waals surface area (Å²) in [5.41, 5.74) is 0. The fourth-order valence-electron chi connectivity index (χ4n) is 0.627. The number of carbonyl (C=O) groups excluding carboxylic acids is 1. The topological polar surface area (TPSA) is 17.1 Å². The van der Waals surface area contributed by atoms with E-state index in [0.29, 0.717) is 5.78 Å². The molecule has 0 aliphatic carbocycles. The third-order valence-corrected chi connectivity index (χ3v) is 2.92. The van der Waals surface area contributed by atoms with Crippen molar-refractivity contribution in [3.8, 4) is 0 Å². The molecule has 1 aliphatic heterocycles. The minimum absolute atomic E-state index is 0.0220. The van der Waals surface area contributed by atoms with Crippen molar-refractivity contribution < 1.29 is 4.79 Å².